The Balaban J connectivity index is 1.58. The summed E-state index contributed by atoms with van der Waals surface area (Å²) in [6.45, 7) is 0. The first kappa shape index (κ1) is 11.8. The van der Waals surface area contributed by atoms with Crippen molar-refractivity contribution in [2.75, 3.05) is 0 Å². The maximum Gasteiger partial charge on any atom is 0.273 e. The number of rotatable bonds is 3. The molecule has 2 aliphatic carbocycles. The fourth-order valence-corrected chi connectivity index (χ4v) is 2.64. The summed E-state index contributed by atoms with van der Waals surface area (Å²) in [5.41, 5.74) is 0.446. The number of hydrogen-bond donors (Lipinski definition) is 1. The summed E-state index contributed by atoms with van der Waals surface area (Å²) in [5.74, 6) is 1.32. The molecular formula is C14H20N2O2. The van der Waals surface area contributed by atoms with Crippen LogP contribution in [0, 0.1) is 0 Å². The van der Waals surface area contributed by atoms with Crippen LogP contribution in [0.3, 0.4) is 0 Å². The average molecular weight is 248 g/mol. The number of carbonyl (C=O) groups is 1. The van der Waals surface area contributed by atoms with E-state index >= 15 is 0 Å². The van der Waals surface area contributed by atoms with Crippen molar-refractivity contribution in [1.29, 1.82) is 0 Å². The Morgan fingerprint density at radius 1 is 1.17 bits per heavy atom. The Hall–Kier alpha value is -1.32. The van der Waals surface area contributed by atoms with Gasteiger partial charge < -0.3 is 9.84 Å². The second-order valence-corrected chi connectivity index (χ2v) is 5.55. The lowest BCUT2D eigenvalue weighted by Crippen LogP contribution is -2.34. The minimum Gasteiger partial charge on any atom is -0.360 e. The van der Waals surface area contributed by atoms with Gasteiger partial charge in [0, 0.05) is 18.0 Å². The molecule has 0 saturated heterocycles. The fraction of sp³-hybridized carbons (Fsp3) is 0.714. The number of carbonyl (C=O) groups excluding carboxylic acids is 1. The zero-order valence-corrected chi connectivity index (χ0v) is 10.7. The molecule has 4 nitrogen and oxygen atoms in total. The molecule has 1 aromatic heterocycles. The van der Waals surface area contributed by atoms with Crippen molar-refractivity contribution < 1.29 is 9.32 Å². The monoisotopic (exact) mass is 248 g/mol. The molecule has 0 aliphatic heterocycles. The van der Waals surface area contributed by atoms with Crippen LogP contribution >= 0.6 is 0 Å². The third-order valence-electron chi connectivity index (χ3n) is 3.93. The predicted molar refractivity (Wildman–Crippen MR) is 67.4 cm³/mol. The second-order valence-electron chi connectivity index (χ2n) is 5.55. The molecule has 0 spiro atoms. The van der Waals surface area contributed by atoms with Crippen LogP contribution in [-0.4, -0.2) is 17.1 Å². The minimum absolute atomic E-state index is 0.0717. The van der Waals surface area contributed by atoms with Crippen molar-refractivity contribution in [1.82, 2.24) is 10.5 Å². The van der Waals surface area contributed by atoms with Gasteiger partial charge in [-0.2, -0.15) is 0 Å². The lowest BCUT2D eigenvalue weighted by molar-refractivity contribution is 0.0924. The standard InChI is InChI=1S/C14H20N2O2/c17-14(15-11-5-3-1-2-4-6-11)12-9-13(18-16-12)10-7-8-10/h9-11H,1-8H2,(H,15,17). The largest absolute Gasteiger partial charge is 0.360 e. The molecule has 2 aliphatic rings. The Kier molecular flexibility index (Phi) is 3.35. The van der Waals surface area contributed by atoms with Crippen molar-refractivity contribution >= 4 is 5.91 Å². The topological polar surface area (TPSA) is 55.1 Å². The Morgan fingerprint density at radius 2 is 1.89 bits per heavy atom. The molecule has 98 valence electrons. The predicted octanol–water partition coefficient (Wildman–Crippen LogP) is 3.00. The maximum atomic E-state index is 12.0. The van der Waals surface area contributed by atoms with Crippen LogP contribution < -0.4 is 5.32 Å². The van der Waals surface area contributed by atoms with Gasteiger partial charge in [0.05, 0.1) is 0 Å². The van der Waals surface area contributed by atoms with E-state index < -0.39 is 0 Å². The summed E-state index contributed by atoms with van der Waals surface area (Å²) in [7, 11) is 0. The number of aromatic nitrogens is 1. The third kappa shape index (κ3) is 2.74. The molecule has 0 aromatic carbocycles. The van der Waals surface area contributed by atoms with E-state index in [2.05, 4.69) is 10.5 Å². The third-order valence-corrected chi connectivity index (χ3v) is 3.93. The normalized spacial score (nSPS) is 21.6. The van der Waals surface area contributed by atoms with Gasteiger partial charge in [-0.3, -0.25) is 4.79 Å². The first-order valence-electron chi connectivity index (χ1n) is 7.10. The SMILES string of the molecule is O=C(NC1CCCCCC1)c1cc(C2CC2)on1. The number of nitrogens with zero attached hydrogens (tertiary/aromatic N) is 1. The van der Waals surface area contributed by atoms with Crippen LogP contribution in [-0.2, 0) is 0 Å². The van der Waals surface area contributed by atoms with Crippen LogP contribution in [0.4, 0.5) is 0 Å². The maximum absolute atomic E-state index is 12.0. The molecule has 2 saturated carbocycles. The fourth-order valence-electron chi connectivity index (χ4n) is 2.64. The summed E-state index contributed by atoms with van der Waals surface area (Å²) in [6.07, 6.45) is 9.55. The molecule has 18 heavy (non-hydrogen) atoms. The van der Waals surface area contributed by atoms with Crippen molar-refractivity contribution in [3.05, 3.63) is 17.5 Å². The molecule has 1 heterocycles. The second kappa shape index (κ2) is 5.12. The molecule has 4 heteroatoms. The van der Waals surface area contributed by atoms with Crippen molar-refractivity contribution in [2.45, 2.75) is 63.3 Å². The van der Waals surface area contributed by atoms with Crippen molar-refractivity contribution in [2.24, 2.45) is 0 Å². The zero-order valence-electron chi connectivity index (χ0n) is 10.7. The molecule has 0 bridgehead atoms. The van der Waals surface area contributed by atoms with E-state index in [1.807, 2.05) is 6.07 Å². The highest BCUT2D eigenvalue weighted by molar-refractivity contribution is 5.92. The summed E-state index contributed by atoms with van der Waals surface area (Å²) in [4.78, 5) is 12.0. The van der Waals surface area contributed by atoms with E-state index in [-0.39, 0.29) is 5.91 Å². The summed E-state index contributed by atoms with van der Waals surface area (Å²) < 4.78 is 5.21. The highest BCUT2D eigenvalue weighted by Crippen LogP contribution is 2.40. The minimum atomic E-state index is -0.0717. The van der Waals surface area contributed by atoms with Gasteiger partial charge in [-0.1, -0.05) is 30.8 Å². The Morgan fingerprint density at radius 3 is 2.56 bits per heavy atom. The zero-order chi connectivity index (χ0) is 12.4. The molecule has 1 aromatic rings. The number of hydrogen-bond acceptors (Lipinski definition) is 3. The van der Waals surface area contributed by atoms with E-state index in [0.29, 0.717) is 17.7 Å². The van der Waals surface area contributed by atoms with E-state index in [0.717, 1.165) is 18.6 Å². The summed E-state index contributed by atoms with van der Waals surface area (Å²) >= 11 is 0. The smallest absolute Gasteiger partial charge is 0.273 e. The molecule has 0 unspecified atom stereocenters. The van der Waals surface area contributed by atoms with Crippen LogP contribution in [0.2, 0.25) is 0 Å². The molecule has 1 N–H and O–H groups in total. The molecule has 0 atom stereocenters. The molecular weight excluding hydrogens is 228 g/mol. The van der Waals surface area contributed by atoms with E-state index in [1.54, 1.807) is 0 Å². The number of amides is 1. The van der Waals surface area contributed by atoms with Gasteiger partial charge in [0.25, 0.3) is 5.91 Å². The quantitative estimate of drug-likeness (QED) is 0.836. The lowest BCUT2D eigenvalue weighted by atomic mass is 10.1. The Bertz CT molecular complexity index is 415. The highest BCUT2D eigenvalue weighted by atomic mass is 16.5. The molecule has 1 amide bonds. The Labute approximate surface area is 107 Å². The molecule has 0 radical (unpaired) electrons. The first-order chi connectivity index (χ1) is 8.83. The van der Waals surface area contributed by atoms with E-state index in [4.69, 9.17) is 4.52 Å². The van der Waals surface area contributed by atoms with Gasteiger partial charge in [-0.25, -0.2) is 0 Å². The van der Waals surface area contributed by atoms with Gasteiger partial charge in [-0.15, -0.1) is 0 Å². The van der Waals surface area contributed by atoms with E-state index in [1.165, 1.54) is 38.5 Å². The highest BCUT2D eigenvalue weighted by Gasteiger charge is 2.29. The molecule has 2 fully saturated rings. The van der Waals surface area contributed by atoms with Gasteiger partial charge in [0.15, 0.2) is 5.69 Å². The van der Waals surface area contributed by atoms with Crippen LogP contribution in [0.1, 0.15) is 73.5 Å². The van der Waals surface area contributed by atoms with Gasteiger partial charge in [0.1, 0.15) is 5.76 Å². The summed E-state index contributed by atoms with van der Waals surface area (Å²) in [5, 5.41) is 6.97. The van der Waals surface area contributed by atoms with Crippen LogP contribution in [0.5, 0.6) is 0 Å². The van der Waals surface area contributed by atoms with Gasteiger partial charge in [0.2, 0.25) is 0 Å². The average Bonchev–Trinajstić information content (AvgIpc) is 3.15. The lowest BCUT2D eigenvalue weighted by Gasteiger charge is -2.14. The van der Waals surface area contributed by atoms with Crippen LogP contribution in [0.15, 0.2) is 10.6 Å². The molecule has 3 rings (SSSR count). The van der Waals surface area contributed by atoms with Crippen LogP contribution in [0.25, 0.3) is 0 Å². The van der Waals surface area contributed by atoms with E-state index in [9.17, 15) is 4.79 Å². The first-order valence-corrected chi connectivity index (χ1v) is 7.10. The van der Waals surface area contributed by atoms with Gasteiger partial charge >= 0.3 is 0 Å². The number of nitrogens with one attached hydrogen (secondary N) is 1. The van der Waals surface area contributed by atoms with Crippen molar-refractivity contribution in [3.8, 4) is 0 Å². The van der Waals surface area contributed by atoms with Crippen molar-refractivity contribution in [3.63, 3.8) is 0 Å². The van der Waals surface area contributed by atoms with Gasteiger partial charge in [-0.05, 0) is 25.7 Å². The summed E-state index contributed by atoms with van der Waals surface area (Å²) in [6, 6.07) is 2.13.